The van der Waals surface area contributed by atoms with E-state index in [-0.39, 0.29) is 12.0 Å². The van der Waals surface area contributed by atoms with Gasteiger partial charge in [0.1, 0.15) is 6.04 Å². The molecule has 0 amide bonds. The van der Waals surface area contributed by atoms with Crippen LogP contribution in [0.25, 0.3) is 0 Å². The molecule has 1 aromatic heterocycles. The Kier molecular flexibility index (Phi) is 4.01. The minimum Gasteiger partial charge on any atom is -0.465 e. The first-order valence-electron chi connectivity index (χ1n) is 6.52. The Morgan fingerprint density at radius 3 is 2.89 bits per heavy atom. The third-order valence-electron chi connectivity index (χ3n) is 3.41. The van der Waals surface area contributed by atoms with E-state index in [1.807, 2.05) is 20.9 Å². The zero-order valence-electron chi connectivity index (χ0n) is 11.3. The molecule has 5 heteroatoms. The van der Waals surface area contributed by atoms with E-state index < -0.39 is 0 Å². The van der Waals surface area contributed by atoms with Crippen LogP contribution in [-0.2, 0) is 16.6 Å². The number of hydrogen-bond acceptors (Lipinski definition) is 4. The lowest BCUT2D eigenvalue weighted by Gasteiger charge is -2.17. The highest BCUT2D eigenvalue weighted by atomic mass is 16.5. The number of ether oxygens (including phenoxy) is 1. The molecular formula is C13H21N3O2. The van der Waals surface area contributed by atoms with E-state index in [0.717, 1.165) is 23.7 Å². The van der Waals surface area contributed by atoms with Crippen molar-refractivity contribution in [1.29, 1.82) is 0 Å². The first-order chi connectivity index (χ1) is 8.63. The van der Waals surface area contributed by atoms with Gasteiger partial charge in [0.15, 0.2) is 0 Å². The fourth-order valence-electron chi connectivity index (χ4n) is 1.95. The number of aromatic nitrogens is 2. The summed E-state index contributed by atoms with van der Waals surface area (Å²) in [7, 11) is 1.88. The van der Waals surface area contributed by atoms with Crippen LogP contribution in [0.3, 0.4) is 0 Å². The number of nitrogens with zero attached hydrogens (tertiary/aromatic N) is 2. The van der Waals surface area contributed by atoms with Gasteiger partial charge in [-0.1, -0.05) is 0 Å². The number of nitrogens with one attached hydrogen (secondary N) is 1. The minimum atomic E-state index is -0.390. The van der Waals surface area contributed by atoms with Crippen molar-refractivity contribution in [2.45, 2.75) is 32.7 Å². The molecule has 0 spiro atoms. The van der Waals surface area contributed by atoms with Crippen LogP contribution in [0.2, 0.25) is 0 Å². The third kappa shape index (κ3) is 2.90. The van der Waals surface area contributed by atoms with Gasteiger partial charge in [0.2, 0.25) is 0 Å². The Bertz CT molecular complexity index is 424. The Hall–Kier alpha value is -1.36. The van der Waals surface area contributed by atoms with Gasteiger partial charge in [0.05, 0.1) is 12.8 Å². The van der Waals surface area contributed by atoms with Gasteiger partial charge in [-0.05, 0) is 39.2 Å². The highest BCUT2D eigenvalue weighted by Crippen LogP contribution is 2.29. The normalized spacial score (nSPS) is 16.6. The third-order valence-corrected chi connectivity index (χ3v) is 3.41. The van der Waals surface area contributed by atoms with Gasteiger partial charge < -0.3 is 10.1 Å². The van der Waals surface area contributed by atoms with Crippen molar-refractivity contribution in [3.63, 3.8) is 0 Å². The Balaban J connectivity index is 2.11. The summed E-state index contributed by atoms with van der Waals surface area (Å²) in [5.41, 5.74) is 1.91. The van der Waals surface area contributed by atoms with Crippen molar-refractivity contribution in [2.24, 2.45) is 13.0 Å². The van der Waals surface area contributed by atoms with Gasteiger partial charge >= 0.3 is 5.97 Å². The summed E-state index contributed by atoms with van der Waals surface area (Å²) < 4.78 is 6.92. The maximum Gasteiger partial charge on any atom is 0.327 e. The van der Waals surface area contributed by atoms with Crippen LogP contribution in [0.4, 0.5) is 0 Å². The second-order valence-electron chi connectivity index (χ2n) is 4.85. The quantitative estimate of drug-likeness (QED) is 0.775. The van der Waals surface area contributed by atoms with Crippen LogP contribution in [0.5, 0.6) is 0 Å². The maximum atomic E-state index is 12.0. The fourth-order valence-corrected chi connectivity index (χ4v) is 1.95. The van der Waals surface area contributed by atoms with E-state index in [2.05, 4.69) is 10.4 Å². The monoisotopic (exact) mass is 251 g/mol. The van der Waals surface area contributed by atoms with Crippen molar-refractivity contribution in [3.05, 3.63) is 17.5 Å². The molecule has 1 atom stereocenters. The first-order valence-corrected chi connectivity index (χ1v) is 6.52. The molecule has 1 unspecified atom stereocenters. The average Bonchev–Trinajstić information content (AvgIpc) is 3.11. The minimum absolute atomic E-state index is 0.214. The molecule has 1 aliphatic rings. The molecule has 1 fully saturated rings. The summed E-state index contributed by atoms with van der Waals surface area (Å²) in [5, 5.41) is 7.50. The summed E-state index contributed by atoms with van der Waals surface area (Å²) in [6.07, 6.45) is 4.26. The summed E-state index contributed by atoms with van der Waals surface area (Å²) in [4.78, 5) is 12.0. The first kappa shape index (κ1) is 13.1. The van der Waals surface area contributed by atoms with Gasteiger partial charge in [-0.2, -0.15) is 5.10 Å². The Morgan fingerprint density at radius 1 is 1.67 bits per heavy atom. The molecule has 0 aliphatic heterocycles. The van der Waals surface area contributed by atoms with Crippen molar-refractivity contribution < 1.29 is 9.53 Å². The lowest BCUT2D eigenvalue weighted by Crippen LogP contribution is -2.32. The molecule has 1 saturated carbocycles. The second-order valence-corrected chi connectivity index (χ2v) is 4.85. The zero-order chi connectivity index (χ0) is 13.1. The van der Waals surface area contributed by atoms with E-state index in [9.17, 15) is 4.79 Å². The molecule has 0 saturated heterocycles. The van der Waals surface area contributed by atoms with Crippen LogP contribution >= 0.6 is 0 Å². The van der Waals surface area contributed by atoms with E-state index in [4.69, 9.17) is 4.74 Å². The second kappa shape index (κ2) is 5.52. The summed E-state index contributed by atoms with van der Waals surface area (Å²) in [6, 6.07) is -0.390. The SMILES string of the molecule is CCOC(=O)C(NCC1CC1)c1cnn(C)c1C. The van der Waals surface area contributed by atoms with Crippen LogP contribution in [-0.4, -0.2) is 28.9 Å². The van der Waals surface area contributed by atoms with E-state index in [1.54, 1.807) is 10.9 Å². The zero-order valence-corrected chi connectivity index (χ0v) is 11.3. The molecule has 0 aromatic carbocycles. The Morgan fingerprint density at radius 2 is 2.39 bits per heavy atom. The predicted octanol–water partition coefficient (Wildman–Crippen LogP) is 1.33. The van der Waals surface area contributed by atoms with Crippen LogP contribution in [0.1, 0.15) is 37.1 Å². The number of rotatable bonds is 6. The highest BCUT2D eigenvalue weighted by Gasteiger charge is 2.28. The summed E-state index contributed by atoms with van der Waals surface area (Å²) in [5.74, 6) is 0.508. The van der Waals surface area contributed by atoms with E-state index in [1.165, 1.54) is 12.8 Å². The van der Waals surface area contributed by atoms with Gasteiger partial charge in [-0.25, -0.2) is 4.79 Å². The van der Waals surface area contributed by atoms with Crippen molar-refractivity contribution in [2.75, 3.05) is 13.2 Å². The molecule has 0 radical (unpaired) electrons. The largest absolute Gasteiger partial charge is 0.465 e. The number of carbonyl (C=O) groups excluding carboxylic acids is 1. The number of esters is 1. The summed E-state index contributed by atoms with van der Waals surface area (Å²) in [6.45, 7) is 5.07. The number of hydrogen-bond donors (Lipinski definition) is 1. The van der Waals surface area contributed by atoms with Crippen LogP contribution in [0, 0.1) is 12.8 Å². The van der Waals surface area contributed by atoms with Gasteiger partial charge in [0.25, 0.3) is 0 Å². The van der Waals surface area contributed by atoms with Gasteiger partial charge in [-0.3, -0.25) is 4.68 Å². The molecule has 5 nitrogen and oxygen atoms in total. The predicted molar refractivity (Wildman–Crippen MR) is 68.0 cm³/mol. The standard InChI is InChI=1S/C13H21N3O2/c1-4-18-13(17)12(14-7-10-5-6-10)11-8-15-16(3)9(11)2/h8,10,12,14H,4-7H2,1-3H3. The van der Waals surface area contributed by atoms with Crippen molar-refractivity contribution >= 4 is 5.97 Å². The average molecular weight is 251 g/mol. The maximum absolute atomic E-state index is 12.0. The smallest absolute Gasteiger partial charge is 0.327 e. The van der Waals surface area contributed by atoms with E-state index >= 15 is 0 Å². The van der Waals surface area contributed by atoms with Crippen LogP contribution in [0.15, 0.2) is 6.20 Å². The van der Waals surface area contributed by atoms with Gasteiger partial charge in [0, 0.05) is 18.3 Å². The van der Waals surface area contributed by atoms with Crippen molar-refractivity contribution in [1.82, 2.24) is 15.1 Å². The lowest BCUT2D eigenvalue weighted by molar-refractivity contribution is -0.145. The topological polar surface area (TPSA) is 56.1 Å². The molecule has 18 heavy (non-hydrogen) atoms. The molecule has 1 heterocycles. The molecular weight excluding hydrogens is 230 g/mol. The van der Waals surface area contributed by atoms with Crippen molar-refractivity contribution in [3.8, 4) is 0 Å². The highest BCUT2D eigenvalue weighted by molar-refractivity contribution is 5.77. The molecule has 1 N–H and O–H groups in total. The Labute approximate surface area is 108 Å². The number of carbonyl (C=O) groups is 1. The summed E-state index contributed by atoms with van der Waals surface area (Å²) >= 11 is 0. The number of aryl methyl sites for hydroxylation is 1. The van der Waals surface area contributed by atoms with E-state index in [0.29, 0.717) is 6.61 Å². The molecule has 0 bridgehead atoms. The lowest BCUT2D eigenvalue weighted by atomic mass is 10.1. The molecule has 1 aliphatic carbocycles. The van der Waals surface area contributed by atoms with Gasteiger partial charge in [-0.15, -0.1) is 0 Å². The molecule has 2 rings (SSSR count). The molecule has 1 aromatic rings. The fraction of sp³-hybridized carbons (Fsp3) is 0.692. The molecule has 100 valence electrons. The van der Waals surface area contributed by atoms with Crippen LogP contribution < -0.4 is 5.32 Å².